The minimum atomic E-state index is -0.0000699. The number of carbonyl (C=O) groups is 1. The highest BCUT2D eigenvalue weighted by Gasteiger charge is 2.19. The Labute approximate surface area is 111 Å². The van der Waals surface area contributed by atoms with Gasteiger partial charge in [0.25, 0.3) is 0 Å². The predicted octanol–water partition coefficient (Wildman–Crippen LogP) is 3.53. The molecule has 0 aliphatic rings. The van der Waals surface area contributed by atoms with Crippen LogP contribution in [0.4, 0.5) is 0 Å². The molecule has 0 aromatic carbocycles. The van der Waals surface area contributed by atoms with Crippen molar-refractivity contribution >= 4 is 17.2 Å². The van der Waals surface area contributed by atoms with Crippen molar-refractivity contribution in [1.29, 1.82) is 0 Å². The number of furan rings is 1. The Kier molecular flexibility index (Phi) is 4.20. The SMILES string of the molecule is CC(C)C(=O)N(Cc1ccco1)Cc1cccs1. The summed E-state index contributed by atoms with van der Waals surface area (Å²) in [6.07, 6.45) is 1.64. The van der Waals surface area contributed by atoms with Crippen molar-refractivity contribution in [2.75, 3.05) is 0 Å². The van der Waals surface area contributed by atoms with Crippen LogP contribution in [0.5, 0.6) is 0 Å². The molecule has 0 atom stereocenters. The smallest absolute Gasteiger partial charge is 0.225 e. The largest absolute Gasteiger partial charge is 0.467 e. The van der Waals surface area contributed by atoms with Gasteiger partial charge in [-0.05, 0) is 23.6 Å². The Morgan fingerprint density at radius 3 is 2.72 bits per heavy atom. The molecule has 0 spiro atoms. The van der Waals surface area contributed by atoms with Gasteiger partial charge in [-0.1, -0.05) is 19.9 Å². The summed E-state index contributed by atoms with van der Waals surface area (Å²) in [4.78, 5) is 15.2. The van der Waals surface area contributed by atoms with Gasteiger partial charge >= 0.3 is 0 Å². The van der Waals surface area contributed by atoms with E-state index in [9.17, 15) is 4.79 Å². The van der Waals surface area contributed by atoms with E-state index in [4.69, 9.17) is 4.42 Å². The highest BCUT2D eigenvalue weighted by Crippen LogP contribution is 2.16. The average molecular weight is 263 g/mol. The lowest BCUT2D eigenvalue weighted by Crippen LogP contribution is -2.32. The molecule has 0 bridgehead atoms. The quantitative estimate of drug-likeness (QED) is 0.827. The number of hydrogen-bond acceptors (Lipinski definition) is 3. The van der Waals surface area contributed by atoms with Crippen molar-refractivity contribution in [2.24, 2.45) is 5.92 Å². The number of amides is 1. The molecule has 0 unspecified atom stereocenters. The summed E-state index contributed by atoms with van der Waals surface area (Å²) in [6, 6.07) is 7.80. The van der Waals surface area contributed by atoms with Crippen LogP contribution in [0, 0.1) is 5.92 Å². The van der Waals surface area contributed by atoms with E-state index >= 15 is 0 Å². The van der Waals surface area contributed by atoms with Crippen molar-refractivity contribution in [3.63, 3.8) is 0 Å². The lowest BCUT2D eigenvalue weighted by molar-refractivity contribution is -0.135. The van der Waals surface area contributed by atoms with Gasteiger partial charge in [-0.3, -0.25) is 4.79 Å². The Hall–Kier alpha value is -1.55. The standard InChI is InChI=1S/C14H17NO2S/c1-11(2)14(16)15(9-12-5-3-7-17-12)10-13-6-4-8-18-13/h3-8,11H,9-10H2,1-2H3. The molecule has 0 saturated carbocycles. The third kappa shape index (κ3) is 3.23. The molecule has 0 fully saturated rings. The number of nitrogens with zero attached hydrogens (tertiary/aromatic N) is 1. The van der Waals surface area contributed by atoms with Gasteiger partial charge in [0, 0.05) is 10.8 Å². The molecular weight excluding hydrogens is 246 g/mol. The third-order valence-electron chi connectivity index (χ3n) is 2.66. The normalized spacial score (nSPS) is 10.8. The minimum absolute atomic E-state index is 0.0000699. The molecule has 2 rings (SSSR count). The Bertz CT molecular complexity index is 438. The Balaban J connectivity index is 2.09. The van der Waals surface area contributed by atoms with E-state index in [2.05, 4.69) is 0 Å². The Morgan fingerprint density at radius 2 is 2.17 bits per heavy atom. The summed E-state index contributed by atoms with van der Waals surface area (Å²) < 4.78 is 5.32. The van der Waals surface area contributed by atoms with E-state index in [0.29, 0.717) is 13.1 Å². The molecule has 0 aliphatic carbocycles. The molecule has 0 saturated heterocycles. The number of thiophene rings is 1. The second kappa shape index (κ2) is 5.87. The van der Waals surface area contributed by atoms with Crippen molar-refractivity contribution in [2.45, 2.75) is 26.9 Å². The van der Waals surface area contributed by atoms with E-state index in [1.165, 1.54) is 4.88 Å². The minimum Gasteiger partial charge on any atom is -0.467 e. The number of rotatable bonds is 5. The molecule has 96 valence electrons. The van der Waals surface area contributed by atoms with Gasteiger partial charge in [-0.25, -0.2) is 0 Å². The zero-order chi connectivity index (χ0) is 13.0. The molecule has 1 amide bonds. The van der Waals surface area contributed by atoms with Crippen molar-refractivity contribution in [3.8, 4) is 0 Å². The van der Waals surface area contributed by atoms with Gasteiger partial charge < -0.3 is 9.32 Å². The molecule has 0 N–H and O–H groups in total. The summed E-state index contributed by atoms with van der Waals surface area (Å²) in [5.74, 6) is 0.972. The van der Waals surface area contributed by atoms with E-state index in [0.717, 1.165) is 5.76 Å². The van der Waals surface area contributed by atoms with Gasteiger partial charge in [-0.2, -0.15) is 0 Å². The maximum absolute atomic E-state index is 12.2. The molecule has 0 aliphatic heterocycles. The van der Waals surface area contributed by atoms with Crippen molar-refractivity contribution in [3.05, 3.63) is 46.5 Å². The van der Waals surface area contributed by atoms with Crippen LogP contribution in [0.15, 0.2) is 40.3 Å². The summed E-state index contributed by atoms with van der Waals surface area (Å²) in [5.41, 5.74) is 0. The highest BCUT2D eigenvalue weighted by atomic mass is 32.1. The van der Waals surface area contributed by atoms with E-state index in [-0.39, 0.29) is 11.8 Å². The summed E-state index contributed by atoms with van der Waals surface area (Å²) in [6.45, 7) is 5.02. The summed E-state index contributed by atoms with van der Waals surface area (Å²) in [5, 5.41) is 2.03. The first kappa shape index (κ1) is 12.9. The summed E-state index contributed by atoms with van der Waals surface area (Å²) >= 11 is 1.67. The Morgan fingerprint density at radius 1 is 1.33 bits per heavy atom. The van der Waals surface area contributed by atoms with Crippen LogP contribution in [-0.2, 0) is 17.9 Å². The zero-order valence-electron chi connectivity index (χ0n) is 10.6. The molecule has 4 heteroatoms. The first-order chi connectivity index (χ1) is 8.66. The molecule has 2 heterocycles. The maximum Gasteiger partial charge on any atom is 0.225 e. The van der Waals surface area contributed by atoms with Gasteiger partial charge in [0.15, 0.2) is 0 Å². The van der Waals surface area contributed by atoms with Crippen LogP contribution in [-0.4, -0.2) is 10.8 Å². The van der Waals surface area contributed by atoms with Gasteiger partial charge in [-0.15, -0.1) is 11.3 Å². The molecular formula is C14H17NO2S. The second-order valence-corrected chi connectivity index (χ2v) is 5.54. The lowest BCUT2D eigenvalue weighted by Gasteiger charge is -2.23. The average Bonchev–Trinajstić information content (AvgIpc) is 2.99. The van der Waals surface area contributed by atoms with Crippen LogP contribution >= 0.6 is 11.3 Å². The van der Waals surface area contributed by atoms with E-state index in [1.54, 1.807) is 17.6 Å². The fourth-order valence-electron chi connectivity index (χ4n) is 1.76. The molecule has 18 heavy (non-hydrogen) atoms. The van der Waals surface area contributed by atoms with Crippen LogP contribution in [0.25, 0.3) is 0 Å². The number of hydrogen-bond donors (Lipinski definition) is 0. The van der Waals surface area contributed by atoms with Gasteiger partial charge in [0.1, 0.15) is 5.76 Å². The second-order valence-electron chi connectivity index (χ2n) is 4.51. The first-order valence-corrected chi connectivity index (χ1v) is 6.88. The molecule has 2 aromatic heterocycles. The fraction of sp³-hybridized carbons (Fsp3) is 0.357. The molecule has 2 aromatic rings. The summed E-state index contributed by atoms with van der Waals surface area (Å²) in [7, 11) is 0. The van der Waals surface area contributed by atoms with Crippen LogP contribution in [0.3, 0.4) is 0 Å². The van der Waals surface area contributed by atoms with Crippen molar-refractivity contribution in [1.82, 2.24) is 4.90 Å². The fourth-order valence-corrected chi connectivity index (χ4v) is 2.48. The third-order valence-corrected chi connectivity index (χ3v) is 3.52. The number of carbonyl (C=O) groups excluding carboxylic acids is 1. The first-order valence-electron chi connectivity index (χ1n) is 6.00. The monoisotopic (exact) mass is 263 g/mol. The molecule has 3 nitrogen and oxygen atoms in total. The molecule has 0 radical (unpaired) electrons. The van der Waals surface area contributed by atoms with Crippen LogP contribution in [0.1, 0.15) is 24.5 Å². The van der Waals surface area contributed by atoms with E-state index < -0.39 is 0 Å². The van der Waals surface area contributed by atoms with Crippen LogP contribution in [0.2, 0.25) is 0 Å². The zero-order valence-corrected chi connectivity index (χ0v) is 11.4. The van der Waals surface area contributed by atoms with Crippen LogP contribution < -0.4 is 0 Å². The van der Waals surface area contributed by atoms with Crippen molar-refractivity contribution < 1.29 is 9.21 Å². The highest BCUT2D eigenvalue weighted by molar-refractivity contribution is 7.09. The maximum atomic E-state index is 12.2. The van der Waals surface area contributed by atoms with E-state index in [1.807, 2.05) is 48.4 Å². The predicted molar refractivity (Wildman–Crippen MR) is 72.1 cm³/mol. The lowest BCUT2D eigenvalue weighted by atomic mass is 10.2. The van der Waals surface area contributed by atoms with Gasteiger partial charge in [0.2, 0.25) is 5.91 Å². The van der Waals surface area contributed by atoms with Gasteiger partial charge in [0.05, 0.1) is 19.4 Å². The topological polar surface area (TPSA) is 33.5 Å².